The molecule has 16 heavy (non-hydrogen) atoms. The lowest BCUT2D eigenvalue weighted by atomic mass is 10.1. The van der Waals surface area contributed by atoms with E-state index in [9.17, 15) is 5.11 Å². The number of nitrogens with two attached hydrogens (primary N) is 1. The molecule has 0 amide bonds. The zero-order valence-electron chi connectivity index (χ0n) is 8.39. The summed E-state index contributed by atoms with van der Waals surface area (Å²) in [6, 6.07) is 6.60. The Hall–Kier alpha value is -1.65. The summed E-state index contributed by atoms with van der Waals surface area (Å²) in [7, 11) is 0. The average molecular weight is 236 g/mol. The second-order valence-corrected chi connectivity index (χ2v) is 3.61. The van der Waals surface area contributed by atoms with E-state index in [0.29, 0.717) is 23.1 Å². The van der Waals surface area contributed by atoms with Crippen molar-refractivity contribution in [3.8, 4) is 17.0 Å². The van der Waals surface area contributed by atoms with E-state index in [1.54, 1.807) is 30.5 Å². The van der Waals surface area contributed by atoms with Gasteiger partial charge in [0, 0.05) is 12.1 Å². The molecule has 0 aliphatic carbocycles. The first kappa shape index (κ1) is 10.9. The first-order valence-corrected chi connectivity index (χ1v) is 5.09. The normalized spacial score (nSPS) is 10.4. The van der Waals surface area contributed by atoms with Gasteiger partial charge >= 0.3 is 0 Å². The van der Waals surface area contributed by atoms with Gasteiger partial charge in [-0.2, -0.15) is 0 Å². The molecule has 4 nitrogen and oxygen atoms in total. The Morgan fingerprint density at radius 2 is 1.94 bits per heavy atom. The molecule has 1 aromatic carbocycles. The van der Waals surface area contributed by atoms with E-state index in [4.69, 9.17) is 17.3 Å². The van der Waals surface area contributed by atoms with Crippen LogP contribution in [0.4, 0.5) is 0 Å². The van der Waals surface area contributed by atoms with Crippen LogP contribution >= 0.6 is 11.6 Å². The highest BCUT2D eigenvalue weighted by molar-refractivity contribution is 6.31. The second-order valence-electron chi connectivity index (χ2n) is 3.25. The molecule has 0 saturated carbocycles. The summed E-state index contributed by atoms with van der Waals surface area (Å²) >= 11 is 5.95. The molecule has 2 aromatic rings. The topological polar surface area (TPSA) is 72.0 Å². The van der Waals surface area contributed by atoms with Crippen LogP contribution in [0.25, 0.3) is 11.3 Å². The van der Waals surface area contributed by atoms with Crippen molar-refractivity contribution in [1.29, 1.82) is 0 Å². The summed E-state index contributed by atoms with van der Waals surface area (Å²) in [5, 5.41) is 9.51. The van der Waals surface area contributed by atoms with Gasteiger partial charge in [-0.25, -0.2) is 9.97 Å². The summed E-state index contributed by atoms with van der Waals surface area (Å²) in [6.07, 6.45) is 1.55. The zero-order valence-corrected chi connectivity index (χ0v) is 9.15. The van der Waals surface area contributed by atoms with Crippen molar-refractivity contribution < 1.29 is 5.11 Å². The summed E-state index contributed by atoms with van der Waals surface area (Å²) in [5.74, 6) is 0.197. The summed E-state index contributed by atoms with van der Waals surface area (Å²) in [4.78, 5) is 8.30. The predicted octanol–water partition coefficient (Wildman–Crippen LogP) is 1.96. The smallest absolute Gasteiger partial charge is 0.155 e. The van der Waals surface area contributed by atoms with Crippen molar-refractivity contribution >= 4 is 11.6 Å². The summed E-state index contributed by atoms with van der Waals surface area (Å²) in [5.41, 5.74) is 7.53. The fraction of sp³-hybridized carbons (Fsp3) is 0.0909. The molecule has 0 atom stereocenters. The third-order valence-electron chi connectivity index (χ3n) is 2.13. The lowest BCUT2D eigenvalue weighted by Gasteiger charge is -2.05. The Bertz CT molecular complexity index is 499. The van der Waals surface area contributed by atoms with E-state index in [1.807, 2.05) is 0 Å². The van der Waals surface area contributed by atoms with Crippen molar-refractivity contribution in [3.63, 3.8) is 0 Å². The van der Waals surface area contributed by atoms with E-state index < -0.39 is 0 Å². The fourth-order valence-electron chi connectivity index (χ4n) is 1.31. The molecule has 2 rings (SSSR count). The minimum atomic E-state index is 0.197. The number of hydrogen-bond acceptors (Lipinski definition) is 4. The average Bonchev–Trinajstić information content (AvgIpc) is 2.31. The van der Waals surface area contributed by atoms with Crippen LogP contribution in [0.15, 0.2) is 30.5 Å². The fourth-order valence-corrected chi connectivity index (χ4v) is 1.51. The van der Waals surface area contributed by atoms with E-state index in [1.165, 1.54) is 0 Å². The van der Waals surface area contributed by atoms with Crippen LogP contribution in [-0.4, -0.2) is 15.1 Å². The van der Waals surface area contributed by atoms with Gasteiger partial charge < -0.3 is 10.8 Å². The highest BCUT2D eigenvalue weighted by Crippen LogP contribution is 2.25. The quantitative estimate of drug-likeness (QED) is 0.835. The number of hydrogen-bond donors (Lipinski definition) is 2. The van der Waals surface area contributed by atoms with Crippen LogP contribution in [0.5, 0.6) is 5.75 Å². The van der Waals surface area contributed by atoms with Gasteiger partial charge in [0.1, 0.15) is 11.4 Å². The Kier molecular flexibility index (Phi) is 3.03. The number of aromatic hydroxyl groups is 1. The highest BCUT2D eigenvalue weighted by Gasteiger charge is 2.07. The molecule has 1 aromatic heterocycles. The minimum absolute atomic E-state index is 0.197. The van der Waals surface area contributed by atoms with Crippen molar-refractivity contribution in [1.82, 2.24) is 9.97 Å². The van der Waals surface area contributed by atoms with Crippen molar-refractivity contribution in [2.75, 3.05) is 0 Å². The SMILES string of the molecule is NCc1cnc(Cl)c(-c2ccc(O)cc2)n1. The molecule has 1 heterocycles. The van der Waals surface area contributed by atoms with Crippen LogP contribution in [0.3, 0.4) is 0 Å². The van der Waals surface area contributed by atoms with Crippen LogP contribution in [0.2, 0.25) is 5.15 Å². The number of halogens is 1. The number of rotatable bonds is 2. The standard InChI is InChI=1S/C11H10ClN3O/c12-11-10(15-8(5-13)6-14-11)7-1-3-9(16)4-2-7/h1-4,6,16H,5,13H2. The van der Waals surface area contributed by atoms with Crippen LogP contribution in [0.1, 0.15) is 5.69 Å². The molecule has 0 aliphatic rings. The van der Waals surface area contributed by atoms with Gasteiger partial charge in [-0.15, -0.1) is 0 Å². The van der Waals surface area contributed by atoms with Gasteiger partial charge in [0.25, 0.3) is 0 Å². The molecular formula is C11H10ClN3O. The van der Waals surface area contributed by atoms with Gasteiger partial charge in [-0.3, -0.25) is 0 Å². The van der Waals surface area contributed by atoms with Gasteiger partial charge in [0.05, 0.1) is 11.9 Å². The lowest BCUT2D eigenvalue weighted by molar-refractivity contribution is 0.475. The highest BCUT2D eigenvalue weighted by atomic mass is 35.5. The summed E-state index contributed by atoms with van der Waals surface area (Å²) < 4.78 is 0. The maximum absolute atomic E-state index is 9.18. The maximum Gasteiger partial charge on any atom is 0.155 e. The maximum atomic E-state index is 9.18. The molecule has 3 N–H and O–H groups in total. The van der Waals surface area contributed by atoms with E-state index >= 15 is 0 Å². The number of phenolic OH excluding ortho intramolecular Hbond substituents is 1. The van der Waals surface area contributed by atoms with Crippen molar-refractivity contribution in [2.45, 2.75) is 6.54 Å². The van der Waals surface area contributed by atoms with E-state index in [0.717, 1.165) is 5.56 Å². The Balaban J connectivity index is 2.50. The van der Waals surface area contributed by atoms with Crippen molar-refractivity contribution in [3.05, 3.63) is 41.3 Å². The Morgan fingerprint density at radius 1 is 1.25 bits per heavy atom. The lowest BCUT2D eigenvalue weighted by Crippen LogP contribution is -2.02. The van der Waals surface area contributed by atoms with Gasteiger partial charge in [-0.1, -0.05) is 11.6 Å². The number of phenols is 1. The largest absolute Gasteiger partial charge is 0.508 e. The third kappa shape index (κ3) is 2.13. The number of benzene rings is 1. The molecular weight excluding hydrogens is 226 g/mol. The molecule has 0 bridgehead atoms. The van der Waals surface area contributed by atoms with Gasteiger partial charge in [0.2, 0.25) is 0 Å². The monoisotopic (exact) mass is 235 g/mol. The summed E-state index contributed by atoms with van der Waals surface area (Å²) in [6.45, 7) is 0.315. The van der Waals surface area contributed by atoms with Gasteiger partial charge in [-0.05, 0) is 24.3 Å². The molecule has 0 fully saturated rings. The van der Waals surface area contributed by atoms with Crippen molar-refractivity contribution in [2.24, 2.45) is 5.73 Å². The number of nitrogens with zero attached hydrogens (tertiary/aromatic N) is 2. The molecule has 0 saturated heterocycles. The minimum Gasteiger partial charge on any atom is -0.508 e. The van der Waals surface area contributed by atoms with Gasteiger partial charge in [0.15, 0.2) is 5.15 Å². The zero-order chi connectivity index (χ0) is 11.5. The predicted molar refractivity (Wildman–Crippen MR) is 62.0 cm³/mol. The van der Waals surface area contributed by atoms with E-state index in [2.05, 4.69) is 9.97 Å². The third-order valence-corrected chi connectivity index (χ3v) is 2.40. The molecule has 0 spiro atoms. The van der Waals surface area contributed by atoms with Crippen LogP contribution < -0.4 is 5.73 Å². The van der Waals surface area contributed by atoms with Crippen LogP contribution in [-0.2, 0) is 6.54 Å². The first-order chi connectivity index (χ1) is 7.70. The molecule has 0 aliphatic heterocycles. The second kappa shape index (κ2) is 4.47. The molecule has 0 unspecified atom stereocenters. The molecule has 0 radical (unpaired) electrons. The first-order valence-electron chi connectivity index (χ1n) is 4.71. The van der Waals surface area contributed by atoms with E-state index in [-0.39, 0.29) is 5.75 Å². The van der Waals surface area contributed by atoms with Crippen LogP contribution in [0, 0.1) is 0 Å². The Labute approximate surface area is 97.7 Å². The molecule has 82 valence electrons. The number of aromatic nitrogens is 2. The Morgan fingerprint density at radius 3 is 2.56 bits per heavy atom. The molecule has 5 heteroatoms.